The van der Waals surface area contributed by atoms with Crippen molar-refractivity contribution >= 4 is 15.1 Å². The van der Waals surface area contributed by atoms with E-state index in [0.717, 1.165) is 15.1 Å². The highest BCUT2D eigenvalue weighted by molar-refractivity contribution is 6.51. The van der Waals surface area contributed by atoms with Crippen molar-refractivity contribution in [2.45, 2.75) is 52.6 Å². The number of hydrazine groups is 1. The smallest absolute Gasteiger partial charge is 0.296 e. The third-order valence-electron chi connectivity index (χ3n) is 2.82. The molecule has 1 aliphatic rings. The first kappa shape index (κ1) is 12.1. The van der Waals surface area contributed by atoms with Crippen LogP contribution in [0.4, 0.5) is 0 Å². The average Bonchev–Trinajstić information content (AvgIpc) is 2.27. The Morgan fingerprint density at radius 1 is 0.786 bits per heavy atom. The SMILES string of the molecule is CN1BN(C(C)(C)C)BN1C(C)(C)C. The largest absolute Gasteiger partial charge is 0.356 e. The number of hydrogen-bond acceptors (Lipinski definition) is 3. The van der Waals surface area contributed by atoms with E-state index in [-0.39, 0.29) is 11.1 Å². The molecular weight excluding hydrogens is 172 g/mol. The van der Waals surface area contributed by atoms with Crippen molar-refractivity contribution in [2.75, 3.05) is 7.05 Å². The Morgan fingerprint density at radius 2 is 1.29 bits per heavy atom. The van der Waals surface area contributed by atoms with Crippen molar-refractivity contribution in [3.63, 3.8) is 0 Å². The van der Waals surface area contributed by atoms with Crippen LogP contribution in [-0.2, 0) is 0 Å². The lowest BCUT2D eigenvalue weighted by atomic mass is 9.86. The van der Waals surface area contributed by atoms with E-state index in [2.05, 4.69) is 63.2 Å². The molecule has 0 radical (unpaired) electrons. The first-order valence-electron chi connectivity index (χ1n) is 5.36. The molecule has 14 heavy (non-hydrogen) atoms. The van der Waals surface area contributed by atoms with Crippen LogP contribution in [0.5, 0.6) is 0 Å². The Kier molecular flexibility index (Phi) is 3.06. The molecule has 0 aromatic carbocycles. The van der Waals surface area contributed by atoms with E-state index in [4.69, 9.17) is 0 Å². The molecule has 0 aromatic rings. The third kappa shape index (κ3) is 2.53. The predicted molar refractivity (Wildman–Crippen MR) is 65.2 cm³/mol. The summed E-state index contributed by atoms with van der Waals surface area (Å²) in [5.41, 5.74) is 0.475. The van der Waals surface area contributed by atoms with Gasteiger partial charge in [-0.05, 0) is 54.1 Å². The molecule has 0 saturated carbocycles. The summed E-state index contributed by atoms with van der Waals surface area (Å²) in [5.74, 6) is 0. The zero-order chi connectivity index (χ0) is 11.1. The van der Waals surface area contributed by atoms with Gasteiger partial charge in [0.15, 0.2) is 0 Å². The molecule has 1 heterocycles. The summed E-state index contributed by atoms with van der Waals surface area (Å²) in [4.78, 5) is 4.73. The van der Waals surface area contributed by atoms with Crippen LogP contribution in [0.25, 0.3) is 0 Å². The summed E-state index contributed by atoms with van der Waals surface area (Å²) in [6.07, 6.45) is 0. The van der Waals surface area contributed by atoms with Crippen molar-refractivity contribution < 1.29 is 0 Å². The van der Waals surface area contributed by atoms with Gasteiger partial charge in [0, 0.05) is 5.54 Å². The van der Waals surface area contributed by atoms with E-state index in [9.17, 15) is 0 Å². The van der Waals surface area contributed by atoms with Crippen molar-refractivity contribution in [1.29, 1.82) is 0 Å². The van der Waals surface area contributed by atoms with Crippen molar-refractivity contribution in [3.8, 4) is 0 Å². The molecule has 1 aliphatic heterocycles. The highest BCUT2D eigenvalue weighted by Gasteiger charge is 2.39. The Morgan fingerprint density at radius 3 is 1.50 bits per heavy atom. The normalized spacial score (nSPS) is 22.2. The van der Waals surface area contributed by atoms with Gasteiger partial charge in [-0.1, -0.05) is 0 Å². The summed E-state index contributed by atoms with van der Waals surface area (Å²) in [7, 11) is 4.22. The fourth-order valence-electron chi connectivity index (χ4n) is 1.79. The maximum atomic E-state index is 2.48. The molecular formula is C9H23B2N3. The van der Waals surface area contributed by atoms with Gasteiger partial charge in [0.2, 0.25) is 0 Å². The minimum atomic E-state index is 0.217. The topological polar surface area (TPSA) is 9.72 Å². The first-order chi connectivity index (χ1) is 6.12. The number of nitrogens with zero attached hydrogens (tertiary/aromatic N) is 3. The van der Waals surface area contributed by atoms with Crippen LogP contribution >= 0.6 is 0 Å². The van der Waals surface area contributed by atoms with Crippen LogP contribution in [0.15, 0.2) is 0 Å². The van der Waals surface area contributed by atoms with Gasteiger partial charge in [-0.15, -0.1) is 0 Å². The minimum Gasteiger partial charge on any atom is -0.356 e. The van der Waals surface area contributed by atoms with Crippen LogP contribution < -0.4 is 0 Å². The summed E-state index contributed by atoms with van der Waals surface area (Å²) >= 11 is 0. The molecule has 5 heteroatoms. The van der Waals surface area contributed by atoms with Gasteiger partial charge < -0.3 is 4.72 Å². The molecule has 0 amide bonds. The lowest BCUT2D eigenvalue weighted by Crippen LogP contribution is -2.50. The average molecular weight is 195 g/mol. The zero-order valence-corrected chi connectivity index (χ0v) is 10.8. The minimum absolute atomic E-state index is 0.217. The summed E-state index contributed by atoms with van der Waals surface area (Å²) in [6.45, 7) is 13.6. The summed E-state index contributed by atoms with van der Waals surface area (Å²) < 4.78 is 2.48. The quantitative estimate of drug-likeness (QED) is 0.523. The van der Waals surface area contributed by atoms with Crippen LogP contribution in [0.2, 0.25) is 0 Å². The maximum absolute atomic E-state index is 2.48. The summed E-state index contributed by atoms with van der Waals surface area (Å²) in [6, 6.07) is 0. The van der Waals surface area contributed by atoms with Gasteiger partial charge in [-0.25, -0.2) is 0 Å². The predicted octanol–water partition coefficient (Wildman–Crippen LogP) is 0.581. The molecule has 0 atom stereocenters. The third-order valence-corrected chi connectivity index (χ3v) is 2.82. The van der Waals surface area contributed by atoms with E-state index < -0.39 is 0 Å². The fraction of sp³-hybridized carbons (Fsp3) is 1.00. The molecule has 0 unspecified atom stereocenters. The van der Waals surface area contributed by atoms with E-state index in [1.807, 2.05) is 0 Å². The maximum Gasteiger partial charge on any atom is 0.296 e. The molecule has 0 spiro atoms. The molecule has 0 aromatic heterocycles. The van der Waals surface area contributed by atoms with Crippen molar-refractivity contribution in [3.05, 3.63) is 0 Å². The standard InChI is InChI=1S/C9H23B2N3/c1-8(2,3)13-10-12(7)14(11-13)9(4,5)6/h10-11H,1-7H3. The second kappa shape index (κ2) is 3.54. The highest BCUT2D eigenvalue weighted by Crippen LogP contribution is 2.23. The second-order valence-electron chi connectivity index (χ2n) is 6.22. The zero-order valence-electron chi connectivity index (χ0n) is 10.8. The first-order valence-corrected chi connectivity index (χ1v) is 5.36. The lowest BCUT2D eigenvalue weighted by Gasteiger charge is -2.37. The molecule has 0 bridgehead atoms. The molecule has 1 rings (SSSR count). The molecule has 0 N–H and O–H groups in total. The van der Waals surface area contributed by atoms with Crippen LogP contribution in [0.3, 0.4) is 0 Å². The van der Waals surface area contributed by atoms with Crippen LogP contribution in [0.1, 0.15) is 41.5 Å². The molecule has 1 saturated heterocycles. The molecule has 80 valence electrons. The van der Waals surface area contributed by atoms with Gasteiger partial charge in [0.1, 0.15) is 0 Å². The Bertz CT molecular complexity index is 207. The Hall–Kier alpha value is 0.00987. The van der Waals surface area contributed by atoms with Crippen molar-refractivity contribution in [2.24, 2.45) is 0 Å². The van der Waals surface area contributed by atoms with E-state index in [1.165, 1.54) is 0 Å². The lowest BCUT2D eigenvalue weighted by molar-refractivity contribution is 0.0990. The second-order valence-corrected chi connectivity index (χ2v) is 6.22. The van der Waals surface area contributed by atoms with Crippen LogP contribution in [0, 0.1) is 0 Å². The molecule has 3 nitrogen and oxygen atoms in total. The van der Waals surface area contributed by atoms with Gasteiger partial charge in [-0.2, -0.15) is 0 Å². The van der Waals surface area contributed by atoms with Crippen LogP contribution in [-0.4, -0.2) is 47.8 Å². The monoisotopic (exact) mass is 195 g/mol. The summed E-state index contributed by atoms with van der Waals surface area (Å²) in [5, 5.41) is 0. The fourth-order valence-corrected chi connectivity index (χ4v) is 1.79. The van der Waals surface area contributed by atoms with Gasteiger partial charge in [0.25, 0.3) is 15.1 Å². The number of hydrogen-bond donors (Lipinski definition) is 0. The molecule has 1 fully saturated rings. The Balaban J connectivity index is 2.70. The van der Waals surface area contributed by atoms with E-state index in [1.54, 1.807) is 0 Å². The number of rotatable bonds is 0. The van der Waals surface area contributed by atoms with E-state index >= 15 is 0 Å². The highest BCUT2D eigenvalue weighted by atomic mass is 15.6. The van der Waals surface area contributed by atoms with E-state index in [0.29, 0.717) is 0 Å². The van der Waals surface area contributed by atoms with Gasteiger partial charge in [-0.3, -0.25) is 9.84 Å². The molecule has 0 aliphatic carbocycles. The van der Waals surface area contributed by atoms with Crippen molar-refractivity contribution in [1.82, 2.24) is 14.6 Å². The van der Waals surface area contributed by atoms with Gasteiger partial charge in [0.05, 0.1) is 0 Å². The Labute approximate surface area is 90.0 Å². The van der Waals surface area contributed by atoms with Gasteiger partial charge >= 0.3 is 0 Å².